The van der Waals surface area contributed by atoms with E-state index in [2.05, 4.69) is 0 Å². The Hall–Kier alpha value is -15.5. The lowest BCUT2D eigenvalue weighted by molar-refractivity contribution is 0.435. The van der Waals surface area contributed by atoms with E-state index in [0.717, 1.165) is 150 Å². The maximum Gasteiger partial charge on any atom is 0.125 e. The van der Waals surface area contributed by atoms with Gasteiger partial charge in [-0.15, -0.1) is 0 Å². The van der Waals surface area contributed by atoms with E-state index < -0.39 is 0 Å². The zero-order valence-electron chi connectivity index (χ0n) is 76.5. The van der Waals surface area contributed by atoms with Crippen molar-refractivity contribution >= 4 is 0 Å². The average molecular weight is 1780 g/mol. The van der Waals surface area contributed by atoms with E-state index in [0.29, 0.717) is 109 Å². The molecule has 0 saturated heterocycles. The van der Waals surface area contributed by atoms with Crippen molar-refractivity contribution in [2.45, 2.75) is 154 Å². The zero-order chi connectivity index (χ0) is 96.0. The first-order valence-electron chi connectivity index (χ1n) is 43.3. The van der Waals surface area contributed by atoms with Crippen molar-refractivity contribution in [1.29, 1.82) is 0 Å². The third kappa shape index (κ3) is 25.1. The summed E-state index contributed by atoms with van der Waals surface area (Å²) in [6.07, 6.45) is 5.07. The fourth-order valence-electron chi connectivity index (χ4n) is 16.4. The Morgan fingerprint density at radius 2 is 0.326 bits per heavy atom. The Morgan fingerprint density at radius 3 is 0.561 bits per heavy atom. The van der Waals surface area contributed by atoms with Gasteiger partial charge in [0.25, 0.3) is 0 Å². The molecule has 15 aromatic carbocycles. The molecule has 19 N–H and O–H groups in total. The first kappa shape index (κ1) is 97.1. The van der Waals surface area contributed by atoms with Gasteiger partial charge < -0.3 is 97.0 Å². The Bertz CT molecular complexity index is 6220. The van der Waals surface area contributed by atoms with Crippen LogP contribution in [0, 0.1) is 90.0 Å². The number of phenolic OH excluding ortho intramolecular Hbond substituents is 19. The molecule has 19 nitrogen and oxygen atoms in total. The van der Waals surface area contributed by atoms with Gasteiger partial charge >= 0.3 is 0 Å². The smallest absolute Gasteiger partial charge is 0.125 e. The van der Waals surface area contributed by atoms with Gasteiger partial charge in [-0.05, 0) is 354 Å². The van der Waals surface area contributed by atoms with Gasteiger partial charge in [0.1, 0.15) is 109 Å². The van der Waals surface area contributed by atoms with Crippen LogP contribution in [-0.2, 0) is 64.2 Å². The highest BCUT2D eigenvalue weighted by molar-refractivity contribution is 5.60. The normalized spacial score (nSPS) is 10.9. The molecule has 19 heteroatoms. The Balaban J connectivity index is 0.000000159. The minimum atomic E-state index is 0.0371. The third-order valence-corrected chi connectivity index (χ3v) is 23.8. The van der Waals surface area contributed by atoms with Gasteiger partial charge in [0.15, 0.2) is 0 Å². The summed E-state index contributed by atoms with van der Waals surface area (Å²) >= 11 is 0. The van der Waals surface area contributed by atoms with Crippen LogP contribution in [0.4, 0.5) is 0 Å². The summed E-state index contributed by atoms with van der Waals surface area (Å²) in [5.41, 5.74) is 27.6. The Labute approximate surface area is 770 Å². The molecule has 132 heavy (non-hydrogen) atoms. The standard InChI is InChI=1S/C25H28O4.C24H26O4.C23H24O3.C21H20O4.C20H18O4/c1-13-6-18(7-14(2)22(13)26)10-20-12-21(25(29)17(5)24(20)28)11-19-8-15(3)23(27)16(4)9-19;1-13-5-17(6-14(2)23(13)27)9-19-11-20(22(26)12-21(19)25)10-18-7-15(3)24(28)16(4)8-18;1-14-8-19(10-17-12-21(24)6-4-15(17)2)23(26)20(9-14)11-18-13-22(25)7-5-16(18)3;1-13-20(24)16(10-14-2-6-18(22)7-3-14)12-17(21(13)25)11-15-4-8-19(23)9-5-15;21-17-5-1-13(2-6-17)9-15-11-16(20(24)12-19(15)23)10-14-3-7-18(22)8-4-14/h6-9,12,26-29H,10-11H2,1-5H3;5-8,11-12,25-28H,9-10H2,1-4H3;4-9,12-13,24-26H,10-11H2,1-3H3;2-9,12,22-25H,10-11H2,1H3;1-8,11-12,21-24H,9-10H2. The summed E-state index contributed by atoms with van der Waals surface area (Å²) in [5, 5.41) is 191. The van der Waals surface area contributed by atoms with Crippen LogP contribution in [0.25, 0.3) is 0 Å². The molecule has 15 aromatic rings. The third-order valence-electron chi connectivity index (χ3n) is 23.8. The largest absolute Gasteiger partial charge is 0.508 e. The maximum atomic E-state index is 10.8. The SMILES string of the molecule is Cc1c(O)c(Cc2ccc(O)cc2)cc(Cc2ccc(O)cc2)c1O.Cc1cc(Cc2cc(Cc3cc(C)c(O)c(C)c3)c(O)c(C)c2O)cc(C)c1O.Cc1cc(Cc2cc(Cc3cc(C)c(O)c(C)c3)c(O)cc2O)cc(C)c1O.Cc1cc(Cc2cc(O)ccc2C)c(O)c(Cc2cc(O)ccc2C)c1.Oc1ccc(Cc2cc(Cc3ccc(O)cc3)c(O)cc2O)cc1. The quantitative estimate of drug-likeness (QED) is 0.0337. The van der Waals surface area contributed by atoms with Gasteiger partial charge in [-0.3, -0.25) is 0 Å². The van der Waals surface area contributed by atoms with E-state index in [4.69, 9.17) is 0 Å². The van der Waals surface area contributed by atoms with Crippen molar-refractivity contribution in [1.82, 2.24) is 0 Å². The van der Waals surface area contributed by atoms with Crippen molar-refractivity contribution in [3.05, 3.63) is 414 Å². The van der Waals surface area contributed by atoms with Crippen molar-refractivity contribution in [2.75, 3.05) is 0 Å². The number of benzene rings is 15. The van der Waals surface area contributed by atoms with Gasteiger partial charge in [0, 0.05) is 87.5 Å². The molecule has 0 amide bonds. The van der Waals surface area contributed by atoms with Crippen LogP contribution in [0.5, 0.6) is 109 Å². The number of hydrogen-bond donors (Lipinski definition) is 19. The second-order valence-electron chi connectivity index (χ2n) is 34.7. The van der Waals surface area contributed by atoms with E-state index in [-0.39, 0.29) is 97.7 Å². The number of aromatic hydroxyl groups is 19. The highest BCUT2D eigenvalue weighted by Crippen LogP contribution is 2.42. The summed E-state index contributed by atoms with van der Waals surface area (Å²) in [5.74, 6) is 3.19. The first-order chi connectivity index (χ1) is 62.5. The topological polar surface area (TPSA) is 384 Å². The van der Waals surface area contributed by atoms with Crippen molar-refractivity contribution in [3.8, 4) is 109 Å². The number of hydrogen-bond acceptors (Lipinski definition) is 19. The molecule has 0 fully saturated rings. The molecule has 0 atom stereocenters. The molecule has 682 valence electrons. The molecular formula is C113H116O19. The fourth-order valence-corrected chi connectivity index (χ4v) is 16.4. The van der Waals surface area contributed by atoms with Crippen LogP contribution in [0.2, 0.25) is 0 Å². The second kappa shape index (κ2) is 42.6. The minimum absolute atomic E-state index is 0.0371. The van der Waals surface area contributed by atoms with Crippen LogP contribution < -0.4 is 0 Å². The maximum absolute atomic E-state index is 10.8. The van der Waals surface area contributed by atoms with Crippen LogP contribution in [0.1, 0.15) is 184 Å². The van der Waals surface area contributed by atoms with E-state index in [1.165, 1.54) is 12.1 Å². The number of aryl methyl sites for hydroxylation is 11. The Morgan fingerprint density at radius 1 is 0.136 bits per heavy atom. The fraction of sp³-hybridized carbons (Fsp3) is 0.204. The predicted octanol–water partition coefficient (Wildman–Crippen LogP) is 22.8. The number of rotatable bonds is 20. The molecule has 0 aliphatic heterocycles. The average Bonchev–Trinajstić information content (AvgIpc) is 0.781. The molecule has 15 rings (SSSR count). The highest BCUT2D eigenvalue weighted by atomic mass is 16.3. The second-order valence-corrected chi connectivity index (χ2v) is 34.7. The summed E-state index contributed by atoms with van der Waals surface area (Å²) in [4.78, 5) is 0. The van der Waals surface area contributed by atoms with Crippen molar-refractivity contribution in [3.63, 3.8) is 0 Å². The summed E-state index contributed by atoms with van der Waals surface area (Å²) in [6, 6.07) is 67.0. The van der Waals surface area contributed by atoms with Crippen LogP contribution in [0.15, 0.2) is 231 Å². The van der Waals surface area contributed by atoms with Gasteiger partial charge in [0.2, 0.25) is 0 Å². The lowest BCUT2D eigenvalue weighted by Gasteiger charge is -2.16. The summed E-state index contributed by atoms with van der Waals surface area (Å²) in [6.45, 7) is 24.2. The molecular weight excluding hydrogens is 1660 g/mol. The molecule has 0 bridgehead atoms. The van der Waals surface area contributed by atoms with E-state index in [9.17, 15) is 97.0 Å². The number of phenols is 19. The van der Waals surface area contributed by atoms with Gasteiger partial charge in [0.05, 0.1) is 0 Å². The lowest BCUT2D eigenvalue weighted by atomic mass is 9.92. The van der Waals surface area contributed by atoms with Crippen LogP contribution >= 0.6 is 0 Å². The van der Waals surface area contributed by atoms with E-state index >= 15 is 0 Å². The molecule has 0 unspecified atom stereocenters. The Kier molecular flexibility index (Phi) is 31.4. The molecule has 0 aliphatic rings. The van der Waals surface area contributed by atoms with Crippen LogP contribution in [-0.4, -0.2) is 97.0 Å². The molecule has 0 radical (unpaired) electrons. The van der Waals surface area contributed by atoms with E-state index in [1.54, 1.807) is 147 Å². The van der Waals surface area contributed by atoms with Crippen LogP contribution in [0.3, 0.4) is 0 Å². The molecule has 0 aliphatic carbocycles. The molecule has 0 spiro atoms. The first-order valence-corrected chi connectivity index (χ1v) is 43.3. The van der Waals surface area contributed by atoms with Crippen molar-refractivity contribution in [2.24, 2.45) is 0 Å². The summed E-state index contributed by atoms with van der Waals surface area (Å²) in [7, 11) is 0. The predicted molar refractivity (Wildman–Crippen MR) is 518 cm³/mol. The molecule has 0 saturated carbocycles. The van der Waals surface area contributed by atoms with Crippen molar-refractivity contribution < 1.29 is 97.0 Å². The lowest BCUT2D eigenvalue weighted by Crippen LogP contribution is -1.98. The summed E-state index contributed by atoms with van der Waals surface area (Å²) < 4.78 is 0. The van der Waals surface area contributed by atoms with Gasteiger partial charge in [-0.2, -0.15) is 0 Å². The monoisotopic (exact) mass is 1780 g/mol. The highest BCUT2D eigenvalue weighted by Gasteiger charge is 2.22. The minimum Gasteiger partial charge on any atom is -0.508 e. The van der Waals surface area contributed by atoms with E-state index in [1.807, 2.05) is 161 Å². The van der Waals surface area contributed by atoms with Gasteiger partial charge in [-0.25, -0.2) is 0 Å². The zero-order valence-corrected chi connectivity index (χ0v) is 76.5. The molecule has 0 aromatic heterocycles. The van der Waals surface area contributed by atoms with Gasteiger partial charge in [-0.1, -0.05) is 127 Å². The molecule has 0 heterocycles.